The van der Waals surface area contributed by atoms with Crippen LogP contribution in [-0.4, -0.2) is 36.9 Å². The summed E-state index contributed by atoms with van der Waals surface area (Å²) in [5.41, 5.74) is 3.88. The third-order valence-corrected chi connectivity index (χ3v) is 4.62. The summed E-state index contributed by atoms with van der Waals surface area (Å²) in [5, 5.41) is 4.94. The minimum atomic E-state index is -0.390. The summed E-state index contributed by atoms with van der Waals surface area (Å²) in [6, 6.07) is 12.9. The third kappa shape index (κ3) is 6.05. The molecule has 1 N–H and O–H groups in total. The average molecular weight is 484 g/mol. The number of carbonyl (C=O) groups is 1. The molecule has 7 nitrogen and oxygen atoms in total. The number of aromatic nitrogens is 1. The highest BCUT2D eigenvalue weighted by atomic mass is 79.9. The second-order valence-corrected chi connectivity index (χ2v) is 7.13. The molecule has 1 aromatic heterocycles. The molecular weight excluding hydrogens is 462 g/mol. The number of hydrazone groups is 1. The molecule has 1 amide bonds. The number of para-hydroxylation sites is 1. The molecule has 0 fully saturated rings. The number of hydrogen-bond donors (Lipinski definition) is 1. The number of nitrogens with one attached hydrogen (secondary N) is 1. The summed E-state index contributed by atoms with van der Waals surface area (Å²) in [6.07, 6.45) is 4.85. The highest BCUT2D eigenvalue weighted by Crippen LogP contribution is 2.36. The largest absolute Gasteiger partial charge is 0.490 e. The lowest BCUT2D eigenvalue weighted by molar-refractivity contribution is -0.123. The molecule has 0 saturated heterocycles. The van der Waals surface area contributed by atoms with Gasteiger partial charge < -0.3 is 14.2 Å². The summed E-state index contributed by atoms with van der Waals surface area (Å²) in [7, 11) is 0. The van der Waals surface area contributed by atoms with E-state index < -0.39 is 0 Å². The Bertz CT molecular complexity index is 1100. The number of nitrogens with zero attached hydrogens (tertiary/aromatic N) is 2. The maximum Gasteiger partial charge on any atom is 0.277 e. The predicted octanol–water partition coefficient (Wildman–Crippen LogP) is 4.49. The Labute approximate surface area is 188 Å². The second kappa shape index (κ2) is 11.1. The van der Waals surface area contributed by atoms with Gasteiger partial charge in [-0.15, -0.1) is 0 Å². The van der Waals surface area contributed by atoms with Crippen LogP contribution in [0.1, 0.15) is 12.5 Å². The lowest BCUT2D eigenvalue weighted by Crippen LogP contribution is -2.24. The van der Waals surface area contributed by atoms with E-state index in [9.17, 15) is 4.79 Å². The standard InChI is InChI=1S/C23H22BrN3O4/c1-3-11-30-23-18(24)12-16(13-20(23)29-4-2)14-26-27-21(28)15-31-19-9-5-7-17-8-6-10-25-22(17)19/h3,5-10,12-14H,1,4,11,15H2,2H3,(H,27,28). The SMILES string of the molecule is C=CCOc1c(Br)cc(C=NNC(=O)COc2cccc3cccnc23)cc1OCC. The molecule has 0 aliphatic rings. The summed E-state index contributed by atoms with van der Waals surface area (Å²) in [5.74, 6) is 1.30. The van der Waals surface area contributed by atoms with Crippen LogP contribution in [0.2, 0.25) is 0 Å². The topological polar surface area (TPSA) is 82.0 Å². The first-order valence-electron chi connectivity index (χ1n) is 9.61. The van der Waals surface area contributed by atoms with Crippen LogP contribution in [-0.2, 0) is 4.79 Å². The first-order valence-corrected chi connectivity index (χ1v) is 10.4. The van der Waals surface area contributed by atoms with Crippen molar-refractivity contribution in [3.63, 3.8) is 0 Å². The van der Waals surface area contributed by atoms with Crippen LogP contribution in [0.3, 0.4) is 0 Å². The van der Waals surface area contributed by atoms with Gasteiger partial charge in [0.25, 0.3) is 5.91 Å². The number of fused-ring (bicyclic) bond motifs is 1. The fraction of sp³-hybridized carbons (Fsp3) is 0.174. The van der Waals surface area contributed by atoms with Gasteiger partial charge >= 0.3 is 0 Å². The fourth-order valence-corrected chi connectivity index (χ4v) is 3.33. The lowest BCUT2D eigenvalue weighted by Gasteiger charge is -2.13. The highest BCUT2D eigenvalue weighted by molar-refractivity contribution is 9.10. The molecule has 0 unspecified atom stereocenters. The number of pyridine rings is 1. The first kappa shape index (κ1) is 22.3. The zero-order valence-corrected chi connectivity index (χ0v) is 18.6. The number of ether oxygens (including phenoxy) is 3. The van der Waals surface area contributed by atoms with E-state index in [-0.39, 0.29) is 12.5 Å². The van der Waals surface area contributed by atoms with E-state index >= 15 is 0 Å². The van der Waals surface area contributed by atoms with Crippen LogP contribution in [0.5, 0.6) is 17.2 Å². The first-order chi connectivity index (χ1) is 15.1. The molecular formula is C23H22BrN3O4. The van der Waals surface area contributed by atoms with Crippen molar-refractivity contribution in [2.75, 3.05) is 19.8 Å². The van der Waals surface area contributed by atoms with Crippen LogP contribution < -0.4 is 19.6 Å². The van der Waals surface area contributed by atoms with E-state index in [4.69, 9.17) is 14.2 Å². The summed E-state index contributed by atoms with van der Waals surface area (Å²) in [4.78, 5) is 16.4. The van der Waals surface area contributed by atoms with Gasteiger partial charge in [-0.2, -0.15) is 5.10 Å². The van der Waals surface area contributed by atoms with Crippen molar-refractivity contribution in [2.45, 2.75) is 6.92 Å². The monoisotopic (exact) mass is 483 g/mol. The van der Waals surface area contributed by atoms with Gasteiger partial charge in [0, 0.05) is 11.6 Å². The van der Waals surface area contributed by atoms with Gasteiger partial charge in [-0.05, 0) is 52.7 Å². The Morgan fingerprint density at radius 1 is 1.19 bits per heavy atom. The van der Waals surface area contributed by atoms with E-state index in [1.165, 1.54) is 6.21 Å². The van der Waals surface area contributed by atoms with Crippen molar-refractivity contribution < 1.29 is 19.0 Å². The van der Waals surface area contributed by atoms with Crippen LogP contribution in [0, 0.1) is 0 Å². The summed E-state index contributed by atoms with van der Waals surface area (Å²) >= 11 is 3.48. The van der Waals surface area contributed by atoms with Gasteiger partial charge in [-0.25, -0.2) is 5.43 Å². The van der Waals surface area contributed by atoms with Crippen molar-refractivity contribution in [3.05, 3.63) is 71.4 Å². The Hall–Kier alpha value is -3.39. The van der Waals surface area contributed by atoms with E-state index in [1.54, 1.807) is 24.4 Å². The number of amides is 1. The minimum Gasteiger partial charge on any atom is -0.490 e. The highest BCUT2D eigenvalue weighted by Gasteiger charge is 2.11. The molecule has 0 aliphatic heterocycles. The molecule has 8 heteroatoms. The molecule has 3 rings (SSSR count). The van der Waals surface area contributed by atoms with Gasteiger partial charge in [0.05, 0.1) is 17.3 Å². The molecule has 31 heavy (non-hydrogen) atoms. The molecule has 0 radical (unpaired) electrons. The van der Waals surface area contributed by atoms with Crippen molar-refractivity contribution in [1.29, 1.82) is 0 Å². The van der Waals surface area contributed by atoms with Crippen molar-refractivity contribution in [2.24, 2.45) is 5.10 Å². The Balaban J connectivity index is 1.61. The second-order valence-electron chi connectivity index (χ2n) is 6.28. The number of hydrogen-bond acceptors (Lipinski definition) is 6. The molecule has 1 heterocycles. The maximum absolute atomic E-state index is 12.1. The lowest BCUT2D eigenvalue weighted by atomic mass is 10.2. The molecule has 2 aromatic carbocycles. The zero-order chi connectivity index (χ0) is 22.1. The van der Waals surface area contributed by atoms with Crippen LogP contribution in [0.4, 0.5) is 0 Å². The van der Waals surface area contributed by atoms with Crippen molar-refractivity contribution >= 4 is 39.0 Å². The quantitative estimate of drug-likeness (QED) is 0.261. The predicted molar refractivity (Wildman–Crippen MR) is 124 cm³/mol. The molecule has 0 aliphatic carbocycles. The Kier molecular flexibility index (Phi) is 8.00. The molecule has 160 valence electrons. The van der Waals surface area contributed by atoms with Gasteiger partial charge in [-0.3, -0.25) is 9.78 Å². The van der Waals surface area contributed by atoms with E-state index in [1.807, 2.05) is 37.3 Å². The number of rotatable bonds is 10. The van der Waals surface area contributed by atoms with E-state index in [0.29, 0.717) is 40.5 Å². The molecule has 3 aromatic rings. The van der Waals surface area contributed by atoms with Crippen LogP contribution in [0.15, 0.2) is 70.9 Å². The normalized spacial score (nSPS) is 10.8. The Morgan fingerprint density at radius 2 is 2.03 bits per heavy atom. The molecule has 0 atom stereocenters. The van der Waals surface area contributed by atoms with Gasteiger partial charge in [0.15, 0.2) is 18.1 Å². The van der Waals surface area contributed by atoms with Crippen molar-refractivity contribution in [1.82, 2.24) is 10.4 Å². The zero-order valence-electron chi connectivity index (χ0n) is 17.0. The van der Waals surface area contributed by atoms with Crippen LogP contribution in [0.25, 0.3) is 10.9 Å². The molecule has 0 saturated carbocycles. The van der Waals surface area contributed by atoms with E-state index in [2.05, 4.69) is 38.0 Å². The average Bonchev–Trinajstić information content (AvgIpc) is 2.77. The molecule has 0 spiro atoms. The Morgan fingerprint density at radius 3 is 2.84 bits per heavy atom. The minimum absolute atomic E-state index is 0.185. The van der Waals surface area contributed by atoms with Gasteiger partial charge in [0.2, 0.25) is 0 Å². The van der Waals surface area contributed by atoms with Crippen LogP contribution >= 0.6 is 15.9 Å². The smallest absolute Gasteiger partial charge is 0.277 e. The number of halogens is 1. The van der Waals surface area contributed by atoms with Crippen molar-refractivity contribution in [3.8, 4) is 17.2 Å². The third-order valence-electron chi connectivity index (χ3n) is 4.03. The number of benzene rings is 2. The summed E-state index contributed by atoms with van der Waals surface area (Å²) in [6.45, 7) is 6.19. The van der Waals surface area contributed by atoms with Gasteiger partial charge in [-0.1, -0.05) is 30.9 Å². The number of carbonyl (C=O) groups excluding carboxylic acids is 1. The summed E-state index contributed by atoms with van der Waals surface area (Å²) < 4.78 is 17.6. The fourth-order valence-electron chi connectivity index (χ4n) is 2.75. The van der Waals surface area contributed by atoms with E-state index in [0.717, 1.165) is 10.9 Å². The maximum atomic E-state index is 12.1. The molecule has 0 bridgehead atoms. The van der Waals surface area contributed by atoms with Gasteiger partial charge in [0.1, 0.15) is 17.9 Å².